The van der Waals surface area contributed by atoms with Crippen molar-refractivity contribution in [1.82, 2.24) is 9.88 Å². The van der Waals surface area contributed by atoms with Gasteiger partial charge < -0.3 is 10.0 Å². The molecule has 0 radical (unpaired) electrons. The lowest BCUT2D eigenvalue weighted by atomic mass is 9.89. The highest BCUT2D eigenvalue weighted by molar-refractivity contribution is 7.09. The van der Waals surface area contributed by atoms with Crippen LogP contribution in [0, 0.1) is 17.8 Å². The third kappa shape index (κ3) is 6.39. The lowest BCUT2D eigenvalue weighted by Gasteiger charge is -2.38. The molecule has 0 saturated carbocycles. The lowest BCUT2D eigenvalue weighted by molar-refractivity contribution is -0.140. The van der Waals surface area contributed by atoms with Gasteiger partial charge in [0, 0.05) is 37.2 Å². The number of rotatable bonds is 11. The van der Waals surface area contributed by atoms with E-state index in [2.05, 4.69) is 39.6 Å². The van der Waals surface area contributed by atoms with Gasteiger partial charge in [-0.2, -0.15) is 0 Å². The number of amides is 1. The van der Waals surface area contributed by atoms with Crippen molar-refractivity contribution in [2.24, 2.45) is 17.8 Å². The van der Waals surface area contributed by atoms with Crippen LogP contribution >= 0.6 is 11.3 Å². The van der Waals surface area contributed by atoms with Crippen LogP contribution in [0.1, 0.15) is 89.3 Å². The van der Waals surface area contributed by atoms with E-state index in [1.807, 2.05) is 11.8 Å². The van der Waals surface area contributed by atoms with E-state index in [-0.39, 0.29) is 29.6 Å². The summed E-state index contributed by atoms with van der Waals surface area (Å²) in [5.74, 6) is 0.568. The SMILES string of the molecule is CCCN(C(=O)[C@@H](C)[C@@H](C)CC)[C@H](C[C@@H](O)c1nc(C(C)=O)cs1)C(C)C. The third-order valence-corrected chi connectivity index (χ3v) is 6.38. The molecule has 0 spiro atoms. The van der Waals surface area contributed by atoms with Gasteiger partial charge in [-0.25, -0.2) is 4.98 Å². The Bertz CT molecular complexity index is 614. The molecule has 5 nitrogen and oxygen atoms in total. The molecule has 27 heavy (non-hydrogen) atoms. The third-order valence-electron chi connectivity index (χ3n) is 5.44. The summed E-state index contributed by atoms with van der Waals surface area (Å²) in [6.07, 6.45) is 1.50. The van der Waals surface area contributed by atoms with Crippen molar-refractivity contribution in [3.05, 3.63) is 16.1 Å². The summed E-state index contributed by atoms with van der Waals surface area (Å²) in [4.78, 5) is 30.9. The molecule has 1 rings (SSSR count). The van der Waals surface area contributed by atoms with Gasteiger partial charge in [0.15, 0.2) is 5.78 Å². The zero-order valence-corrected chi connectivity index (χ0v) is 18.7. The molecule has 1 heterocycles. The second kappa shape index (κ2) is 10.9. The highest BCUT2D eigenvalue weighted by Crippen LogP contribution is 2.29. The number of thiazole rings is 1. The highest BCUT2D eigenvalue weighted by atomic mass is 32.1. The highest BCUT2D eigenvalue weighted by Gasteiger charge is 2.32. The van der Waals surface area contributed by atoms with Crippen LogP contribution in [0.4, 0.5) is 0 Å². The number of Topliss-reactive ketones (excluding diaryl/α,β-unsaturated/α-hetero) is 1. The predicted octanol–water partition coefficient (Wildman–Crippen LogP) is 4.71. The lowest BCUT2D eigenvalue weighted by Crippen LogP contribution is -2.47. The monoisotopic (exact) mass is 396 g/mol. The normalized spacial score (nSPS) is 16.0. The van der Waals surface area contributed by atoms with Crippen LogP contribution in [0.5, 0.6) is 0 Å². The maximum absolute atomic E-state index is 13.2. The van der Waals surface area contributed by atoms with Crippen LogP contribution in [0.2, 0.25) is 0 Å². The van der Waals surface area contributed by atoms with E-state index in [1.165, 1.54) is 18.3 Å². The number of hydrogen-bond donors (Lipinski definition) is 1. The molecular weight excluding hydrogens is 360 g/mol. The van der Waals surface area contributed by atoms with Crippen molar-refractivity contribution in [3.8, 4) is 0 Å². The van der Waals surface area contributed by atoms with Crippen LogP contribution in [0.15, 0.2) is 5.38 Å². The standard InChI is InChI=1S/C21H36N2O3S/c1-8-10-23(21(26)15(6)14(5)9-2)18(13(3)4)11-19(25)20-22-17(12-27-20)16(7)24/h12-15,18-19,25H,8-11H2,1-7H3/t14-,15-,18+,19+/m0/s1. The molecule has 1 aromatic heterocycles. The molecule has 0 bridgehead atoms. The molecule has 4 atom stereocenters. The quantitative estimate of drug-likeness (QED) is 0.550. The zero-order chi connectivity index (χ0) is 20.7. The number of aliphatic hydroxyl groups is 1. The van der Waals surface area contributed by atoms with E-state index in [9.17, 15) is 14.7 Å². The molecule has 0 unspecified atom stereocenters. The second-order valence-corrected chi connectivity index (χ2v) is 8.79. The summed E-state index contributed by atoms with van der Waals surface area (Å²) in [7, 11) is 0. The molecule has 6 heteroatoms. The summed E-state index contributed by atoms with van der Waals surface area (Å²) in [6.45, 7) is 14.6. The first-order chi connectivity index (χ1) is 12.6. The Labute approximate surface area is 168 Å². The van der Waals surface area contributed by atoms with Crippen LogP contribution in [0.3, 0.4) is 0 Å². The Balaban J connectivity index is 3.03. The molecule has 1 N–H and O–H groups in total. The Morgan fingerprint density at radius 3 is 2.30 bits per heavy atom. The molecule has 0 saturated heterocycles. The van der Waals surface area contributed by atoms with E-state index in [4.69, 9.17) is 0 Å². The van der Waals surface area contributed by atoms with Gasteiger partial charge in [0.25, 0.3) is 0 Å². The zero-order valence-electron chi connectivity index (χ0n) is 17.9. The molecule has 0 aromatic carbocycles. The molecule has 1 aromatic rings. The van der Waals surface area contributed by atoms with Gasteiger partial charge in [-0.3, -0.25) is 9.59 Å². The molecule has 1 amide bonds. The van der Waals surface area contributed by atoms with Crippen molar-refractivity contribution in [2.75, 3.05) is 6.54 Å². The molecule has 0 aliphatic carbocycles. The summed E-state index contributed by atoms with van der Waals surface area (Å²) in [6, 6.07) is -0.0661. The van der Waals surface area contributed by atoms with Gasteiger partial charge in [-0.1, -0.05) is 48.0 Å². The Hall–Kier alpha value is -1.27. The topological polar surface area (TPSA) is 70.5 Å². The smallest absolute Gasteiger partial charge is 0.225 e. The van der Waals surface area contributed by atoms with Gasteiger partial charge in [0.05, 0.1) is 0 Å². The summed E-state index contributed by atoms with van der Waals surface area (Å²) in [5, 5.41) is 13.0. The summed E-state index contributed by atoms with van der Waals surface area (Å²) >= 11 is 1.30. The van der Waals surface area contributed by atoms with Crippen molar-refractivity contribution < 1.29 is 14.7 Å². The average molecular weight is 397 g/mol. The molecular formula is C21H36N2O3S. The number of hydrogen-bond acceptors (Lipinski definition) is 5. The second-order valence-electron chi connectivity index (χ2n) is 7.90. The number of nitrogens with zero attached hydrogens (tertiary/aromatic N) is 2. The number of aliphatic hydroxyl groups excluding tert-OH is 1. The fourth-order valence-corrected chi connectivity index (χ4v) is 4.09. The van der Waals surface area contributed by atoms with E-state index < -0.39 is 6.10 Å². The van der Waals surface area contributed by atoms with E-state index in [1.54, 1.807) is 5.38 Å². The van der Waals surface area contributed by atoms with Crippen LogP contribution in [-0.2, 0) is 4.79 Å². The van der Waals surface area contributed by atoms with Crippen LogP contribution < -0.4 is 0 Å². The van der Waals surface area contributed by atoms with Crippen molar-refractivity contribution in [3.63, 3.8) is 0 Å². The minimum absolute atomic E-state index is 0.0379. The summed E-state index contributed by atoms with van der Waals surface area (Å²) in [5.41, 5.74) is 0.391. The predicted molar refractivity (Wildman–Crippen MR) is 111 cm³/mol. The Morgan fingerprint density at radius 2 is 1.85 bits per heavy atom. The van der Waals surface area contributed by atoms with Crippen LogP contribution in [0.25, 0.3) is 0 Å². The molecule has 0 fully saturated rings. The minimum Gasteiger partial charge on any atom is -0.386 e. The number of carbonyl (C=O) groups is 2. The minimum atomic E-state index is -0.776. The first-order valence-corrected chi connectivity index (χ1v) is 11.0. The van der Waals surface area contributed by atoms with E-state index in [0.717, 1.165) is 12.8 Å². The first-order valence-electron chi connectivity index (χ1n) is 10.1. The Morgan fingerprint density at radius 1 is 1.22 bits per heavy atom. The molecule has 0 aliphatic rings. The number of ketones is 1. The first kappa shape index (κ1) is 23.8. The fraction of sp³-hybridized carbons (Fsp3) is 0.762. The van der Waals surface area contributed by atoms with E-state index >= 15 is 0 Å². The Kier molecular flexibility index (Phi) is 9.60. The number of carbonyl (C=O) groups excluding carboxylic acids is 2. The largest absolute Gasteiger partial charge is 0.386 e. The maximum atomic E-state index is 13.2. The van der Waals surface area contributed by atoms with Gasteiger partial charge in [-0.15, -0.1) is 11.3 Å². The van der Waals surface area contributed by atoms with Gasteiger partial charge in [0.1, 0.15) is 16.8 Å². The van der Waals surface area contributed by atoms with Crippen molar-refractivity contribution >= 4 is 23.0 Å². The van der Waals surface area contributed by atoms with Gasteiger partial charge in [0.2, 0.25) is 5.91 Å². The molecule has 154 valence electrons. The average Bonchev–Trinajstić information content (AvgIpc) is 3.12. The maximum Gasteiger partial charge on any atom is 0.225 e. The van der Waals surface area contributed by atoms with Gasteiger partial charge >= 0.3 is 0 Å². The molecule has 0 aliphatic heterocycles. The number of aromatic nitrogens is 1. The van der Waals surface area contributed by atoms with E-state index in [0.29, 0.717) is 29.6 Å². The van der Waals surface area contributed by atoms with Crippen molar-refractivity contribution in [2.45, 2.75) is 79.9 Å². The summed E-state index contributed by atoms with van der Waals surface area (Å²) < 4.78 is 0. The van der Waals surface area contributed by atoms with Crippen molar-refractivity contribution in [1.29, 1.82) is 0 Å². The fourth-order valence-electron chi connectivity index (χ4n) is 3.23. The van der Waals surface area contributed by atoms with Crippen LogP contribution in [-0.4, -0.2) is 39.3 Å². The van der Waals surface area contributed by atoms with Gasteiger partial charge in [-0.05, 0) is 18.3 Å².